The van der Waals surface area contributed by atoms with Crippen LogP contribution >= 0.6 is 11.6 Å². The number of allylic oxidation sites excluding steroid dienone is 1. The van der Waals surface area contributed by atoms with Crippen molar-refractivity contribution >= 4 is 61.1 Å². The second-order valence-corrected chi connectivity index (χ2v) is 19.5. The monoisotopic (exact) mass is 880 g/mol. The van der Waals surface area contributed by atoms with Crippen molar-refractivity contribution in [1.29, 1.82) is 0 Å². The van der Waals surface area contributed by atoms with Gasteiger partial charge in [-0.1, -0.05) is 37.6 Å². The number of amides is 1. The highest BCUT2D eigenvalue weighted by Crippen LogP contribution is 2.45. The van der Waals surface area contributed by atoms with Gasteiger partial charge in [0.2, 0.25) is 0 Å². The van der Waals surface area contributed by atoms with Gasteiger partial charge in [0.05, 0.1) is 15.4 Å². The summed E-state index contributed by atoms with van der Waals surface area (Å²) in [5.41, 5.74) is 8.85. The number of H-pyrrole nitrogens is 1. The molecule has 2 saturated heterocycles. The van der Waals surface area contributed by atoms with Gasteiger partial charge < -0.3 is 24.9 Å². The van der Waals surface area contributed by atoms with E-state index in [1.54, 1.807) is 24.3 Å². The topological polar surface area (TPSA) is 156 Å². The molecule has 4 aromatic carbocycles. The van der Waals surface area contributed by atoms with Crippen LogP contribution in [-0.4, -0.2) is 104 Å². The molecule has 1 amide bonds. The molecule has 1 aliphatic carbocycles. The number of carbonyl (C=O) groups is 1. The Hall–Kier alpha value is -5.45. The van der Waals surface area contributed by atoms with E-state index in [9.17, 15) is 23.3 Å². The van der Waals surface area contributed by atoms with Crippen LogP contribution in [0.4, 0.5) is 17.1 Å². The number of anilines is 2. The number of hydrogen-bond acceptors (Lipinski definition) is 11. The van der Waals surface area contributed by atoms with Gasteiger partial charge in [-0.25, -0.2) is 18.1 Å². The van der Waals surface area contributed by atoms with E-state index in [1.165, 1.54) is 28.8 Å². The number of carbonyl (C=O) groups excluding carboxylic acids is 1. The number of hydrogen-bond donors (Lipinski definition) is 3. The Bertz CT molecular complexity index is 2620. The fourth-order valence-electron chi connectivity index (χ4n) is 8.74. The summed E-state index contributed by atoms with van der Waals surface area (Å²) in [6.45, 7) is 12.9. The minimum atomic E-state index is -4.55. The molecule has 16 heteroatoms. The molecule has 3 N–H and O–H groups in total. The summed E-state index contributed by atoms with van der Waals surface area (Å²) in [5.74, 6) is -0.305. The molecule has 5 aromatic rings. The Labute approximate surface area is 367 Å². The van der Waals surface area contributed by atoms with Gasteiger partial charge in [0, 0.05) is 98.3 Å². The Kier molecular flexibility index (Phi) is 12.4. The van der Waals surface area contributed by atoms with Crippen LogP contribution in [0.15, 0.2) is 102 Å². The predicted octanol–water partition coefficient (Wildman–Crippen LogP) is 8.39. The lowest BCUT2D eigenvalue weighted by molar-refractivity contribution is -0.384. The number of sulfonamides is 1. The van der Waals surface area contributed by atoms with Crippen LogP contribution in [0, 0.1) is 15.5 Å². The Balaban J connectivity index is 1.02. The number of fused-ring (bicyclic) bond motifs is 1. The minimum absolute atomic E-state index is 0.0107. The summed E-state index contributed by atoms with van der Waals surface area (Å²) in [6, 6.07) is 24.6. The van der Waals surface area contributed by atoms with Crippen molar-refractivity contribution in [1.82, 2.24) is 24.5 Å². The fraction of sp³-hybridized carbons (Fsp3) is 0.370. The number of likely N-dealkylation sites (N-methyl/N-ethyl adjacent to an activating group) is 1. The number of nitrogens with one attached hydrogen (secondary N) is 3. The minimum Gasteiger partial charge on any atom is -0.456 e. The summed E-state index contributed by atoms with van der Waals surface area (Å²) in [4.78, 5) is 35.1. The molecule has 1 aromatic heterocycles. The second kappa shape index (κ2) is 17.7. The van der Waals surface area contributed by atoms with E-state index in [1.807, 2.05) is 48.6 Å². The van der Waals surface area contributed by atoms with Crippen molar-refractivity contribution in [2.45, 2.75) is 51.0 Å². The maximum Gasteiger partial charge on any atom is 0.295 e. The SMILES string of the molecule is CC(C1=C(c2ccc(Cl)cc2)CC(C)(C)CC1)N1CCN(c2ccc(C(=O)NS(=O)(=O)c3ccc(NN4CCN(C)CC4)c([N+](=O)[O-])c3)c(Oc3ccc4[nH]ccc4c3)c2)CC1. The maximum atomic E-state index is 14.0. The summed E-state index contributed by atoms with van der Waals surface area (Å²) < 4.78 is 36.0. The van der Waals surface area contributed by atoms with Crippen LogP contribution in [0.3, 0.4) is 0 Å². The summed E-state index contributed by atoms with van der Waals surface area (Å²) >= 11 is 6.27. The van der Waals surface area contributed by atoms with Crippen LogP contribution in [0.1, 0.15) is 56.0 Å². The molecule has 1 unspecified atom stereocenters. The van der Waals surface area contributed by atoms with Crippen molar-refractivity contribution in [3.63, 3.8) is 0 Å². The average Bonchev–Trinajstić information content (AvgIpc) is 3.72. The molecule has 14 nitrogen and oxygen atoms in total. The number of benzene rings is 4. The van der Waals surface area contributed by atoms with E-state index >= 15 is 0 Å². The number of nitrogens with zero attached hydrogens (tertiary/aromatic N) is 5. The molecular weight excluding hydrogens is 828 g/mol. The first kappa shape index (κ1) is 43.2. The quantitative estimate of drug-likeness (QED) is 0.0817. The number of hydrazine groups is 1. The van der Waals surface area contributed by atoms with Crippen molar-refractivity contribution in [2.75, 3.05) is 69.7 Å². The molecule has 1 atom stereocenters. The smallest absolute Gasteiger partial charge is 0.295 e. The fourth-order valence-corrected chi connectivity index (χ4v) is 9.85. The van der Waals surface area contributed by atoms with E-state index in [0.29, 0.717) is 18.8 Å². The highest BCUT2D eigenvalue weighted by atomic mass is 35.5. The number of halogens is 1. The zero-order chi connectivity index (χ0) is 43.8. The number of nitro groups is 1. The summed E-state index contributed by atoms with van der Waals surface area (Å²) in [7, 11) is -2.56. The summed E-state index contributed by atoms with van der Waals surface area (Å²) in [6.07, 6.45) is 5.00. The maximum absolute atomic E-state index is 14.0. The first-order chi connectivity index (χ1) is 29.6. The number of piperazine rings is 2. The number of aromatic amines is 1. The molecule has 326 valence electrons. The molecule has 3 aliphatic rings. The van der Waals surface area contributed by atoms with Crippen molar-refractivity contribution in [3.05, 3.63) is 123 Å². The van der Waals surface area contributed by atoms with Crippen molar-refractivity contribution in [3.8, 4) is 11.5 Å². The molecule has 2 aliphatic heterocycles. The van der Waals surface area contributed by atoms with E-state index in [4.69, 9.17) is 16.3 Å². The van der Waals surface area contributed by atoms with Gasteiger partial charge >= 0.3 is 0 Å². The molecular formula is C46H53ClN8O6S. The van der Waals surface area contributed by atoms with Gasteiger partial charge in [0.25, 0.3) is 21.6 Å². The first-order valence-electron chi connectivity index (χ1n) is 21.0. The lowest BCUT2D eigenvalue weighted by atomic mass is 9.71. The number of aromatic nitrogens is 1. The van der Waals surface area contributed by atoms with Gasteiger partial charge in [0.15, 0.2) is 0 Å². The Morgan fingerprint density at radius 1 is 0.919 bits per heavy atom. The van der Waals surface area contributed by atoms with Gasteiger partial charge in [-0.2, -0.15) is 0 Å². The molecule has 0 saturated carbocycles. The van der Waals surface area contributed by atoms with Crippen LogP contribution < -0.4 is 19.8 Å². The van der Waals surface area contributed by atoms with Gasteiger partial charge in [-0.15, -0.1) is 0 Å². The highest BCUT2D eigenvalue weighted by Gasteiger charge is 2.33. The van der Waals surface area contributed by atoms with Gasteiger partial charge in [-0.3, -0.25) is 19.8 Å². The second-order valence-electron chi connectivity index (χ2n) is 17.3. The van der Waals surface area contributed by atoms with Crippen LogP contribution in [-0.2, 0) is 10.0 Å². The van der Waals surface area contributed by atoms with Gasteiger partial charge in [-0.05, 0) is 116 Å². The molecule has 3 heterocycles. The van der Waals surface area contributed by atoms with Crippen molar-refractivity contribution in [2.24, 2.45) is 5.41 Å². The molecule has 2 fully saturated rings. The lowest BCUT2D eigenvalue weighted by Crippen LogP contribution is -2.50. The summed E-state index contributed by atoms with van der Waals surface area (Å²) in [5, 5.41) is 15.6. The van der Waals surface area contributed by atoms with E-state index < -0.39 is 31.4 Å². The standard InChI is InChI=1S/C46H53ClN8O6S/c1-31(38-15-17-46(2,3)30-40(38)32-5-7-34(47)8-6-32)52-21-23-53(24-22-52)35-9-12-39(44(28-35)61-36-10-13-41-33(27-36)16-18-48-41)45(56)50-62(59,60)37-11-14-42(43(29-37)55(57)58)49-54-25-19-51(4)20-26-54/h5-14,16,18,27-29,31,48-49H,15,17,19-26,30H2,1-4H3,(H,50,56). The highest BCUT2D eigenvalue weighted by molar-refractivity contribution is 7.90. The third-order valence-electron chi connectivity index (χ3n) is 12.5. The first-order valence-corrected chi connectivity index (χ1v) is 22.9. The Morgan fingerprint density at radius 2 is 1.66 bits per heavy atom. The Morgan fingerprint density at radius 3 is 2.39 bits per heavy atom. The molecule has 62 heavy (non-hydrogen) atoms. The van der Waals surface area contributed by atoms with E-state index in [0.717, 1.165) is 86.2 Å². The van der Waals surface area contributed by atoms with Gasteiger partial charge in [0.1, 0.15) is 17.2 Å². The zero-order valence-electron chi connectivity index (χ0n) is 35.5. The van der Waals surface area contributed by atoms with Crippen LogP contribution in [0.5, 0.6) is 11.5 Å². The molecule has 0 bridgehead atoms. The van der Waals surface area contributed by atoms with E-state index in [-0.39, 0.29) is 28.5 Å². The van der Waals surface area contributed by atoms with Crippen LogP contribution in [0.2, 0.25) is 5.02 Å². The lowest BCUT2D eigenvalue weighted by Gasteiger charge is -2.43. The normalized spacial score (nSPS) is 18.4. The average molecular weight is 881 g/mol. The van der Waals surface area contributed by atoms with Crippen molar-refractivity contribution < 1.29 is 22.9 Å². The number of nitro benzene ring substituents is 1. The third-order valence-corrected chi connectivity index (χ3v) is 14.1. The number of ether oxygens (including phenoxy) is 1. The molecule has 0 spiro atoms. The molecule has 0 radical (unpaired) electrons. The van der Waals surface area contributed by atoms with E-state index in [2.05, 4.69) is 62.7 Å². The third kappa shape index (κ3) is 9.62. The zero-order valence-corrected chi connectivity index (χ0v) is 37.1. The predicted molar refractivity (Wildman–Crippen MR) is 245 cm³/mol. The largest absolute Gasteiger partial charge is 0.456 e. The van der Waals surface area contributed by atoms with Crippen LogP contribution in [0.25, 0.3) is 16.5 Å². The molecule has 8 rings (SSSR count). The number of rotatable bonds is 12.